The zero-order valence-corrected chi connectivity index (χ0v) is 24.1. The molecule has 0 radical (unpaired) electrons. The Morgan fingerprint density at radius 3 is 2.55 bits per heavy atom. The molecule has 40 heavy (non-hydrogen) atoms. The molecule has 2 aromatic heterocycles. The number of fused-ring (bicyclic) bond motifs is 1. The molecule has 0 unspecified atom stereocenters. The molecule has 6 nitrogen and oxygen atoms in total. The molecule has 0 saturated carbocycles. The number of pyridine rings is 1. The fourth-order valence-electron chi connectivity index (χ4n) is 4.82. The molecule has 0 fully saturated rings. The van der Waals surface area contributed by atoms with Gasteiger partial charge in [0.2, 0.25) is 5.91 Å². The highest BCUT2D eigenvalue weighted by atomic mass is 32.2. The van der Waals surface area contributed by atoms with Crippen LogP contribution < -0.4 is 5.32 Å². The molecule has 2 aromatic carbocycles. The first-order chi connectivity index (χ1) is 19.5. The SMILES string of the molecule is CCOC(=O)c1c(NC(=O)CSc2nc(-c3ccccc3)cc(-c3ccc(C)cc3)c2C#N)sc2c1CCCC2. The van der Waals surface area contributed by atoms with E-state index >= 15 is 0 Å². The number of nitrogens with one attached hydrogen (secondary N) is 1. The molecule has 0 saturated heterocycles. The maximum Gasteiger partial charge on any atom is 0.341 e. The minimum atomic E-state index is -0.392. The van der Waals surface area contributed by atoms with Crippen LogP contribution in [0.25, 0.3) is 22.4 Å². The summed E-state index contributed by atoms with van der Waals surface area (Å²) in [5.74, 6) is -0.614. The molecule has 1 aliphatic rings. The van der Waals surface area contributed by atoms with Crippen molar-refractivity contribution in [3.63, 3.8) is 0 Å². The number of nitrogens with zero attached hydrogens (tertiary/aromatic N) is 2. The maximum atomic E-state index is 13.2. The van der Waals surface area contributed by atoms with E-state index in [-0.39, 0.29) is 18.3 Å². The molecular weight excluding hydrogens is 539 g/mol. The summed E-state index contributed by atoms with van der Waals surface area (Å²) in [4.78, 5) is 31.9. The van der Waals surface area contributed by atoms with Crippen molar-refractivity contribution in [3.05, 3.63) is 87.8 Å². The Morgan fingerprint density at radius 2 is 1.82 bits per heavy atom. The number of aryl methyl sites for hydroxylation is 2. The Balaban J connectivity index is 1.44. The lowest BCUT2D eigenvalue weighted by Crippen LogP contribution is -2.17. The Morgan fingerprint density at radius 1 is 1.07 bits per heavy atom. The lowest BCUT2D eigenvalue weighted by atomic mass is 9.95. The van der Waals surface area contributed by atoms with E-state index in [0.717, 1.165) is 64.1 Å². The van der Waals surface area contributed by atoms with E-state index in [2.05, 4.69) is 11.4 Å². The number of rotatable bonds is 8. The highest BCUT2D eigenvalue weighted by Crippen LogP contribution is 2.39. The standard InChI is InChI=1S/C32H29N3O3S2/c1-3-38-32(37)29-23-11-7-8-12-27(23)40-31(29)35-28(36)19-39-30-25(18-33)24(21-15-13-20(2)14-16-21)17-26(34-30)22-9-5-4-6-10-22/h4-6,9-10,13-17H,3,7-8,11-12,19H2,1-2H3,(H,35,36). The summed E-state index contributed by atoms with van der Waals surface area (Å²) in [6, 6.07) is 22.1. The number of hydrogen-bond donors (Lipinski definition) is 1. The number of anilines is 1. The first-order valence-electron chi connectivity index (χ1n) is 13.3. The van der Waals surface area contributed by atoms with Crippen LogP contribution in [0.15, 0.2) is 65.7 Å². The molecule has 1 amide bonds. The minimum Gasteiger partial charge on any atom is -0.462 e. The minimum absolute atomic E-state index is 0.0398. The molecule has 1 N–H and O–H groups in total. The quantitative estimate of drug-likeness (QED) is 0.176. The third-order valence-corrected chi connectivity index (χ3v) is 8.96. The molecular formula is C32H29N3O3S2. The number of aromatic nitrogens is 1. The second kappa shape index (κ2) is 12.5. The van der Waals surface area contributed by atoms with Gasteiger partial charge in [-0.2, -0.15) is 5.26 Å². The summed E-state index contributed by atoms with van der Waals surface area (Å²) in [6.07, 6.45) is 3.81. The fraction of sp³-hybridized carbons (Fsp3) is 0.250. The van der Waals surface area contributed by atoms with Gasteiger partial charge in [0.15, 0.2) is 0 Å². The van der Waals surface area contributed by atoms with Crippen molar-refractivity contribution in [1.82, 2.24) is 4.98 Å². The van der Waals surface area contributed by atoms with Crippen molar-refractivity contribution in [1.29, 1.82) is 5.26 Å². The van der Waals surface area contributed by atoms with E-state index in [9.17, 15) is 14.9 Å². The highest BCUT2D eigenvalue weighted by molar-refractivity contribution is 8.00. The van der Waals surface area contributed by atoms with Crippen molar-refractivity contribution < 1.29 is 14.3 Å². The van der Waals surface area contributed by atoms with Crippen LogP contribution in [0.3, 0.4) is 0 Å². The second-order valence-corrected chi connectivity index (χ2v) is 11.6. The highest BCUT2D eigenvalue weighted by Gasteiger charge is 2.27. The predicted molar refractivity (Wildman–Crippen MR) is 161 cm³/mol. The van der Waals surface area contributed by atoms with Gasteiger partial charge in [0, 0.05) is 16.0 Å². The van der Waals surface area contributed by atoms with Gasteiger partial charge in [-0.25, -0.2) is 9.78 Å². The topological polar surface area (TPSA) is 92.1 Å². The average molecular weight is 568 g/mol. The van der Waals surface area contributed by atoms with Gasteiger partial charge >= 0.3 is 5.97 Å². The molecule has 2 heterocycles. The van der Waals surface area contributed by atoms with Crippen LogP contribution in [0.2, 0.25) is 0 Å². The molecule has 202 valence electrons. The molecule has 5 rings (SSSR count). The van der Waals surface area contributed by atoms with Crippen molar-refractivity contribution in [2.45, 2.75) is 44.6 Å². The Labute approximate surface area is 242 Å². The van der Waals surface area contributed by atoms with Crippen LogP contribution in [-0.4, -0.2) is 29.2 Å². The van der Waals surface area contributed by atoms with E-state index < -0.39 is 5.97 Å². The smallest absolute Gasteiger partial charge is 0.341 e. The summed E-state index contributed by atoms with van der Waals surface area (Å²) in [5.41, 5.74) is 6.39. The van der Waals surface area contributed by atoms with E-state index in [1.165, 1.54) is 23.1 Å². The number of carbonyl (C=O) groups is 2. The zero-order valence-electron chi connectivity index (χ0n) is 22.5. The van der Waals surface area contributed by atoms with Crippen LogP contribution in [0.1, 0.15) is 51.7 Å². The predicted octanol–water partition coefficient (Wildman–Crippen LogP) is 7.44. The van der Waals surface area contributed by atoms with E-state index in [1.807, 2.05) is 67.6 Å². The number of benzene rings is 2. The third-order valence-electron chi connectivity index (χ3n) is 6.77. The third kappa shape index (κ3) is 5.96. The summed E-state index contributed by atoms with van der Waals surface area (Å²) in [7, 11) is 0. The second-order valence-electron chi connectivity index (χ2n) is 9.55. The Kier molecular flexibility index (Phi) is 8.63. The van der Waals surface area contributed by atoms with Crippen LogP contribution in [0, 0.1) is 18.3 Å². The molecule has 0 aliphatic heterocycles. The first-order valence-corrected chi connectivity index (χ1v) is 15.1. The number of thiophene rings is 1. The number of amides is 1. The molecule has 0 spiro atoms. The lowest BCUT2D eigenvalue weighted by Gasteiger charge is -2.13. The average Bonchev–Trinajstić information content (AvgIpc) is 3.34. The number of carbonyl (C=O) groups excluding carboxylic acids is 2. The normalized spacial score (nSPS) is 12.3. The summed E-state index contributed by atoms with van der Waals surface area (Å²) in [5, 5.41) is 14.2. The van der Waals surface area contributed by atoms with Gasteiger partial charge in [-0.15, -0.1) is 11.3 Å². The van der Waals surface area contributed by atoms with Gasteiger partial charge in [-0.3, -0.25) is 4.79 Å². The molecule has 4 aromatic rings. The number of thioether (sulfide) groups is 1. The Hall–Kier alpha value is -3.93. The summed E-state index contributed by atoms with van der Waals surface area (Å²) in [6.45, 7) is 4.07. The van der Waals surface area contributed by atoms with E-state index in [1.54, 1.807) is 6.92 Å². The van der Waals surface area contributed by atoms with Crippen LogP contribution in [0.5, 0.6) is 0 Å². The van der Waals surface area contributed by atoms with Crippen LogP contribution in [0.4, 0.5) is 5.00 Å². The van der Waals surface area contributed by atoms with E-state index in [4.69, 9.17) is 9.72 Å². The first kappa shape index (κ1) is 27.6. The molecule has 1 aliphatic carbocycles. The van der Waals surface area contributed by atoms with Gasteiger partial charge in [0.25, 0.3) is 0 Å². The van der Waals surface area contributed by atoms with Crippen molar-refractivity contribution >= 4 is 40.0 Å². The van der Waals surface area contributed by atoms with Gasteiger partial charge in [0.05, 0.1) is 29.2 Å². The Bertz CT molecular complexity index is 1590. The number of hydrogen-bond acceptors (Lipinski definition) is 7. The number of nitriles is 1. The van der Waals surface area contributed by atoms with Gasteiger partial charge in [-0.05, 0) is 56.7 Å². The van der Waals surface area contributed by atoms with Gasteiger partial charge in [0.1, 0.15) is 16.1 Å². The zero-order chi connectivity index (χ0) is 28.1. The summed E-state index contributed by atoms with van der Waals surface area (Å²) >= 11 is 2.69. The van der Waals surface area contributed by atoms with Crippen molar-refractivity contribution in [2.24, 2.45) is 0 Å². The molecule has 8 heteroatoms. The lowest BCUT2D eigenvalue weighted by molar-refractivity contribution is -0.113. The summed E-state index contributed by atoms with van der Waals surface area (Å²) < 4.78 is 5.32. The number of esters is 1. The van der Waals surface area contributed by atoms with Crippen molar-refractivity contribution in [2.75, 3.05) is 17.7 Å². The van der Waals surface area contributed by atoms with Gasteiger partial charge in [-0.1, -0.05) is 71.9 Å². The van der Waals surface area contributed by atoms with Crippen LogP contribution in [-0.2, 0) is 22.4 Å². The van der Waals surface area contributed by atoms with Crippen LogP contribution >= 0.6 is 23.1 Å². The van der Waals surface area contributed by atoms with E-state index in [0.29, 0.717) is 21.2 Å². The van der Waals surface area contributed by atoms with Gasteiger partial charge < -0.3 is 10.1 Å². The maximum absolute atomic E-state index is 13.2. The largest absolute Gasteiger partial charge is 0.462 e. The molecule has 0 atom stereocenters. The molecule has 0 bridgehead atoms. The number of ether oxygens (including phenoxy) is 1. The fourth-order valence-corrected chi connectivity index (χ4v) is 6.92. The van der Waals surface area contributed by atoms with Crippen molar-refractivity contribution in [3.8, 4) is 28.5 Å². The monoisotopic (exact) mass is 567 g/mol.